The van der Waals surface area contributed by atoms with Crippen molar-refractivity contribution < 1.29 is 49.3 Å². The van der Waals surface area contributed by atoms with Crippen LogP contribution in [-0.4, -0.2) is 99.6 Å². The van der Waals surface area contributed by atoms with Crippen molar-refractivity contribution in [2.24, 2.45) is 0 Å². The summed E-state index contributed by atoms with van der Waals surface area (Å²) in [7, 11) is 0. The molecule has 0 aromatic carbocycles. The fourth-order valence-corrected chi connectivity index (χ4v) is 10.0. The van der Waals surface area contributed by atoms with Crippen molar-refractivity contribution in [3.63, 3.8) is 0 Å². The molecule has 1 saturated heterocycles. The van der Waals surface area contributed by atoms with Gasteiger partial charge in [-0.2, -0.15) is 0 Å². The van der Waals surface area contributed by atoms with Crippen molar-refractivity contribution in [2.45, 2.75) is 339 Å². The van der Waals surface area contributed by atoms with Gasteiger partial charge in [0.2, 0.25) is 5.91 Å². The number of amides is 1. The van der Waals surface area contributed by atoms with Gasteiger partial charge in [-0.05, 0) is 96.3 Å². The monoisotopic (exact) mass is 1130 g/mol. The highest BCUT2D eigenvalue weighted by molar-refractivity contribution is 5.80. The number of nitrogens with one attached hydrogen (secondary N) is 1. The number of carbonyl (C=O) groups is 2. The number of ether oxygens (including phenoxy) is 3. The van der Waals surface area contributed by atoms with Gasteiger partial charge in [-0.1, -0.05) is 261 Å². The summed E-state index contributed by atoms with van der Waals surface area (Å²) in [6.45, 7) is 5.75. The zero-order valence-electron chi connectivity index (χ0n) is 51.4. The molecule has 1 fully saturated rings. The minimum absolute atomic E-state index is 0.117. The van der Waals surface area contributed by atoms with Crippen molar-refractivity contribution in [2.75, 3.05) is 13.2 Å². The summed E-state index contributed by atoms with van der Waals surface area (Å²) in [4.78, 5) is 26.6. The van der Waals surface area contributed by atoms with Crippen LogP contribution in [0.1, 0.15) is 290 Å². The fourth-order valence-electron chi connectivity index (χ4n) is 10.0. The quantitative estimate of drug-likeness (QED) is 0.0195. The lowest BCUT2D eigenvalue weighted by molar-refractivity contribution is -0.305. The van der Waals surface area contributed by atoms with E-state index in [4.69, 9.17) is 14.2 Å². The standard InChI is InChI=1S/C69H123NO10/c1-4-7-10-13-16-19-22-25-27-28-29-30-31-32-33-34-35-37-38-41-44-47-50-53-56-62(73)68(77)70-60(61(72)55-52-49-46-43-40-24-21-18-15-12-9-6-3)59-78-69-67(66(76)65(75)63(58-71)79-69)80-64(74)57-54-51-48-45-42-39-36-26-23-20-17-14-11-8-5-2/h16,19-20,23,25,27,29-30,32-33,52,55,60-63,65-67,69,71-73,75-76H,4-15,17-18,21-22,24,26,28,31,34-51,53-54,56-59H2,1-3H3,(H,70,77)/b19-16-,23-20-,27-25-,30-29-,33-32-,55-52+. The molecule has 1 aliphatic rings. The van der Waals surface area contributed by atoms with Crippen LogP contribution in [0.15, 0.2) is 72.9 Å². The fraction of sp³-hybridized carbons (Fsp3) is 0.797. The van der Waals surface area contributed by atoms with E-state index in [1.807, 2.05) is 6.08 Å². The topological polar surface area (TPSA) is 175 Å². The Morgan fingerprint density at radius 2 is 0.863 bits per heavy atom. The molecule has 80 heavy (non-hydrogen) atoms. The molecule has 0 spiro atoms. The average molecular weight is 1130 g/mol. The molecule has 0 saturated carbocycles. The van der Waals surface area contributed by atoms with Crippen molar-refractivity contribution in [1.82, 2.24) is 5.32 Å². The van der Waals surface area contributed by atoms with E-state index in [9.17, 15) is 35.1 Å². The second-order valence-electron chi connectivity index (χ2n) is 22.8. The number of rotatable bonds is 56. The molecule has 0 aromatic rings. The molecule has 1 amide bonds. The van der Waals surface area contributed by atoms with Crippen LogP contribution in [0.25, 0.3) is 0 Å². The molecule has 0 radical (unpaired) electrons. The first kappa shape index (κ1) is 75.1. The molecule has 0 bridgehead atoms. The number of esters is 1. The largest absolute Gasteiger partial charge is 0.454 e. The molecule has 8 unspecified atom stereocenters. The maximum Gasteiger partial charge on any atom is 0.306 e. The number of unbranched alkanes of at least 4 members (excludes halogenated alkanes) is 32. The first-order valence-electron chi connectivity index (χ1n) is 33.2. The Hall–Kier alpha value is -2.90. The maximum absolute atomic E-state index is 13.5. The summed E-state index contributed by atoms with van der Waals surface area (Å²) in [5.74, 6) is -1.20. The molecule has 1 heterocycles. The maximum atomic E-state index is 13.5. The van der Waals surface area contributed by atoms with Crippen LogP contribution < -0.4 is 5.32 Å². The van der Waals surface area contributed by atoms with E-state index in [1.165, 1.54) is 148 Å². The van der Waals surface area contributed by atoms with Gasteiger partial charge < -0.3 is 45.1 Å². The van der Waals surface area contributed by atoms with Gasteiger partial charge in [-0.3, -0.25) is 9.59 Å². The molecule has 6 N–H and O–H groups in total. The van der Waals surface area contributed by atoms with Crippen molar-refractivity contribution >= 4 is 11.9 Å². The Balaban J connectivity index is 2.63. The first-order chi connectivity index (χ1) is 39.2. The van der Waals surface area contributed by atoms with E-state index in [0.29, 0.717) is 12.8 Å². The summed E-state index contributed by atoms with van der Waals surface area (Å²) in [6, 6.07) is -1.03. The van der Waals surface area contributed by atoms with Crippen LogP contribution in [0.5, 0.6) is 0 Å². The Kier molecular flexibility index (Phi) is 53.1. The third-order valence-corrected chi connectivity index (χ3v) is 15.3. The van der Waals surface area contributed by atoms with Gasteiger partial charge in [0.15, 0.2) is 12.4 Å². The summed E-state index contributed by atoms with van der Waals surface area (Å²) in [5, 5.41) is 57.1. The van der Waals surface area contributed by atoms with Crippen LogP contribution in [0.4, 0.5) is 0 Å². The number of hydrogen-bond donors (Lipinski definition) is 6. The van der Waals surface area contributed by atoms with Crippen LogP contribution >= 0.6 is 0 Å². The van der Waals surface area contributed by atoms with Crippen molar-refractivity contribution in [3.05, 3.63) is 72.9 Å². The lowest BCUT2D eigenvalue weighted by atomic mass is 9.99. The third kappa shape index (κ3) is 43.7. The molecule has 0 aliphatic carbocycles. The second kappa shape index (κ2) is 56.6. The first-order valence-corrected chi connectivity index (χ1v) is 33.2. The number of allylic oxidation sites excluding steroid dienone is 11. The second-order valence-corrected chi connectivity index (χ2v) is 22.8. The zero-order chi connectivity index (χ0) is 58.2. The molecule has 11 nitrogen and oxygen atoms in total. The lowest BCUT2D eigenvalue weighted by Gasteiger charge is -2.41. The molecular formula is C69H123NO10. The summed E-state index contributed by atoms with van der Waals surface area (Å²) < 4.78 is 17.6. The Labute approximate surface area is 490 Å². The average Bonchev–Trinajstić information content (AvgIpc) is 3.46. The summed E-state index contributed by atoms with van der Waals surface area (Å²) in [6.07, 6.45) is 62.2. The minimum atomic E-state index is -1.62. The molecular weight excluding hydrogens is 1000 g/mol. The number of carbonyl (C=O) groups excluding carboxylic acids is 2. The molecule has 464 valence electrons. The van der Waals surface area contributed by atoms with Gasteiger partial charge in [0.05, 0.1) is 25.4 Å². The molecule has 1 rings (SSSR count). The van der Waals surface area contributed by atoms with E-state index in [-0.39, 0.29) is 19.4 Å². The van der Waals surface area contributed by atoms with E-state index in [1.54, 1.807) is 6.08 Å². The predicted molar refractivity (Wildman–Crippen MR) is 333 cm³/mol. The van der Waals surface area contributed by atoms with Crippen LogP contribution in [0.2, 0.25) is 0 Å². The van der Waals surface area contributed by atoms with E-state index in [0.717, 1.165) is 96.3 Å². The van der Waals surface area contributed by atoms with Crippen LogP contribution in [-0.2, 0) is 23.8 Å². The smallest absolute Gasteiger partial charge is 0.306 e. The van der Waals surface area contributed by atoms with Gasteiger partial charge >= 0.3 is 5.97 Å². The Morgan fingerprint density at radius 1 is 0.487 bits per heavy atom. The number of hydrogen-bond acceptors (Lipinski definition) is 10. The van der Waals surface area contributed by atoms with E-state index >= 15 is 0 Å². The predicted octanol–water partition coefficient (Wildman–Crippen LogP) is 16.3. The SMILES string of the molecule is CCCCC/C=C\C/C=C\C/C=C\C/C=C\CCCCCCCCCCC(O)C(=O)NC(COC1OC(CO)C(O)C(O)C1OC(=O)CCCCCCCCC/C=C\CCCCCC)C(O)/C=C/CCCCCCCCCCCC. The van der Waals surface area contributed by atoms with Crippen molar-refractivity contribution in [1.29, 1.82) is 0 Å². The third-order valence-electron chi connectivity index (χ3n) is 15.3. The Bertz CT molecular complexity index is 1580. The van der Waals surface area contributed by atoms with Crippen LogP contribution in [0.3, 0.4) is 0 Å². The van der Waals surface area contributed by atoms with E-state index in [2.05, 4.69) is 86.8 Å². The highest BCUT2D eigenvalue weighted by Crippen LogP contribution is 2.26. The van der Waals surface area contributed by atoms with Gasteiger partial charge in [-0.15, -0.1) is 0 Å². The molecule has 1 aliphatic heterocycles. The molecule has 11 heteroatoms. The highest BCUT2D eigenvalue weighted by atomic mass is 16.7. The Morgan fingerprint density at radius 3 is 1.34 bits per heavy atom. The van der Waals surface area contributed by atoms with Gasteiger partial charge in [-0.25, -0.2) is 0 Å². The highest BCUT2D eigenvalue weighted by Gasteiger charge is 2.47. The van der Waals surface area contributed by atoms with Crippen molar-refractivity contribution in [3.8, 4) is 0 Å². The van der Waals surface area contributed by atoms with Gasteiger partial charge in [0.25, 0.3) is 0 Å². The minimum Gasteiger partial charge on any atom is -0.454 e. The summed E-state index contributed by atoms with van der Waals surface area (Å²) >= 11 is 0. The normalized spacial score (nSPS) is 19.2. The zero-order valence-corrected chi connectivity index (χ0v) is 51.4. The van der Waals surface area contributed by atoms with E-state index < -0.39 is 67.4 Å². The molecule has 0 aromatic heterocycles. The number of aliphatic hydroxyl groups excluding tert-OH is 5. The number of aliphatic hydroxyl groups is 5. The lowest BCUT2D eigenvalue weighted by Crippen LogP contribution is -2.61. The summed E-state index contributed by atoms with van der Waals surface area (Å²) in [5.41, 5.74) is 0. The van der Waals surface area contributed by atoms with Gasteiger partial charge in [0, 0.05) is 6.42 Å². The van der Waals surface area contributed by atoms with Gasteiger partial charge in [0.1, 0.15) is 24.4 Å². The van der Waals surface area contributed by atoms with Crippen LogP contribution in [0, 0.1) is 0 Å². The molecule has 8 atom stereocenters.